The number of β-amino-alcohol motifs (C(OH)–C–C–N with tert-alkyl or cyclic N) is 1. The molecule has 5 N–H and O–H groups in total. The van der Waals surface area contributed by atoms with E-state index in [0.717, 1.165) is 5.56 Å². The Morgan fingerprint density at radius 2 is 2.00 bits per heavy atom. The molecule has 1 aromatic heterocycles. The van der Waals surface area contributed by atoms with Gasteiger partial charge in [0.25, 0.3) is 0 Å². The van der Waals surface area contributed by atoms with Crippen LogP contribution in [0.2, 0.25) is 5.02 Å². The molecule has 3 rings (SSSR count). The van der Waals surface area contributed by atoms with Gasteiger partial charge in [-0.25, -0.2) is 15.8 Å². The van der Waals surface area contributed by atoms with E-state index in [-0.39, 0.29) is 11.5 Å². The Balaban J connectivity index is 2.01. The van der Waals surface area contributed by atoms with Gasteiger partial charge in [-0.2, -0.15) is 0 Å². The van der Waals surface area contributed by atoms with Crippen molar-refractivity contribution in [3.63, 3.8) is 0 Å². The molecule has 1 aliphatic heterocycles. The molecule has 2 heterocycles. The van der Waals surface area contributed by atoms with E-state index in [9.17, 15) is 5.11 Å². The van der Waals surface area contributed by atoms with Crippen LogP contribution in [0.3, 0.4) is 0 Å². The number of nitrogens with zero attached hydrogens (tertiary/aromatic N) is 4. The van der Waals surface area contributed by atoms with Crippen molar-refractivity contribution in [3.05, 3.63) is 40.7 Å². The number of rotatable bonds is 4. The molecular formula is C19H27ClN6O. The van der Waals surface area contributed by atoms with Crippen molar-refractivity contribution in [1.82, 2.24) is 9.97 Å². The molecule has 7 nitrogen and oxygen atoms in total. The lowest BCUT2D eigenvalue weighted by atomic mass is 9.95. The maximum absolute atomic E-state index is 9.91. The van der Waals surface area contributed by atoms with Gasteiger partial charge in [0.2, 0.25) is 0 Å². The van der Waals surface area contributed by atoms with E-state index in [2.05, 4.69) is 4.98 Å². The topological polar surface area (TPSA) is 105 Å². The van der Waals surface area contributed by atoms with E-state index < -0.39 is 0 Å². The highest BCUT2D eigenvalue weighted by molar-refractivity contribution is 6.31. The van der Waals surface area contributed by atoms with Crippen molar-refractivity contribution in [3.8, 4) is 0 Å². The summed E-state index contributed by atoms with van der Waals surface area (Å²) < 4.78 is 0. The second-order valence-corrected chi connectivity index (χ2v) is 8.37. The second-order valence-electron chi connectivity index (χ2n) is 7.97. The summed E-state index contributed by atoms with van der Waals surface area (Å²) >= 11 is 6.27. The highest BCUT2D eigenvalue weighted by Crippen LogP contribution is 2.34. The van der Waals surface area contributed by atoms with Gasteiger partial charge in [0.1, 0.15) is 11.5 Å². The number of aliphatic hydroxyl groups excluding tert-OH is 1. The molecule has 1 aromatic carbocycles. The van der Waals surface area contributed by atoms with Crippen molar-refractivity contribution in [2.24, 2.45) is 5.84 Å². The molecule has 1 fully saturated rings. The van der Waals surface area contributed by atoms with Crippen LogP contribution in [0.1, 0.15) is 38.6 Å². The maximum atomic E-state index is 9.91. The molecular weight excluding hydrogens is 364 g/mol. The summed E-state index contributed by atoms with van der Waals surface area (Å²) in [5.74, 6) is 8.08. The van der Waals surface area contributed by atoms with Gasteiger partial charge < -0.3 is 15.7 Å². The van der Waals surface area contributed by atoms with Crippen LogP contribution in [0.15, 0.2) is 24.3 Å². The highest BCUT2D eigenvalue weighted by atomic mass is 35.5. The summed E-state index contributed by atoms with van der Waals surface area (Å²) in [4.78, 5) is 11.3. The quantitative estimate of drug-likeness (QED) is 0.544. The summed E-state index contributed by atoms with van der Waals surface area (Å²) in [5, 5.41) is 12.1. The number of aromatic nitrogens is 2. The van der Waals surface area contributed by atoms with Crippen LogP contribution < -0.4 is 21.5 Å². The molecule has 0 spiro atoms. The average Bonchev–Trinajstić information content (AvgIpc) is 3.02. The van der Waals surface area contributed by atoms with Gasteiger partial charge in [0, 0.05) is 23.5 Å². The maximum Gasteiger partial charge on any atom is 0.172 e. The van der Waals surface area contributed by atoms with Crippen LogP contribution in [-0.4, -0.2) is 34.3 Å². The third-order valence-electron chi connectivity index (χ3n) is 4.61. The second kappa shape index (κ2) is 7.50. The fourth-order valence-electron chi connectivity index (χ4n) is 3.06. The minimum atomic E-state index is -0.377. The predicted molar refractivity (Wildman–Crippen MR) is 110 cm³/mol. The fraction of sp³-hybridized carbons (Fsp3) is 0.474. The summed E-state index contributed by atoms with van der Waals surface area (Å²) in [7, 11) is 0. The molecule has 27 heavy (non-hydrogen) atoms. The van der Waals surface area contributed by atoms with Crippen molar-refractivity contribution in [2.75, 3.05) is 28.7 Å². The molecule has 1 aliphatic rings. The van der Waals surface area contributed by atoms with Crippen molar-refractivity contribution in [1.29, 1.82) is 0 Å². The number of hydrazine groups is 1. The van der Waals surface area contributed by atoms with Gasteiger partial charge in [-0.15, -0.1) is 0 Å². The number of hydrogen-bond donors (Lipinski definition) is 3. The Kier molecular flexibility index (Phi) is 5.46. The molecule has 0 radical (unpaired) electrons. The van der Waals surface area contributed by atoms with Crippen LogP contribution in [0.5, 0.6) is 0 Å². The Morgan fingerprint density at radius 1 is 1.30 bits per heavy atom. The normalized spacial score (nSPS) is 17.4. The van der Waals surface area contributed by atoms with Gasteiger partial charge in [0.05, 0.1) is 12.6 Å². The first-order chi connectivity index (χ1) is 12.7. The third-order valence-corrected chi connectivity index (χ3v) is 4.98. The van der Waals surface area contributed by atoms with E-state index in [0.29, 0.717) is 54.2 Å². The summed E-state index contributed by atoms with van der Waals surface area (Å²) in [6.07, 6.45) is 0.313. The van der Waals surface area contributed by atoms with E-state index in [1.807, 2.05) is 49.9 Å². The molecule has 2 aromatic rings. The molecule has 0 saturated carbocycles. The molecule has 146 valence electrons. The van der Waals surface area contributed by atoms with Crippen LogP contribution in [0, 0.1) is 0 Å². The minimum absolute atomic E-state index is 0.277. The average molecular weight is 391 g/mol. The smallest absolute Gasteiger partial charge is 0.172 e. The van der Waals surface area contributed by atoms with Crippen molar-refractivity contribution in [2.45, 2.75) is 45.3 Å². The number of aliphatic hydroxyl groups is 1. The zero-order valence-corrected chi connectivity index (χ0v) is 16.7. The van der Waals surface area contributed by atoms with Gasteiger partial charge >= 0.3 is 0 Å². The summed E-state index contributed by atoms with van der Waals surface area (Å²) in [5.41, 5.74) is 7.43. The number of hydrogen-bond acceptors (Lipinski definition) is 7. The number of halogens is 1. The Labute approximate surface area is 164 Å². The monoisotopic (exact) mass is 390 g/mol. The zero-order chi connectivity index (χ0) is 19.8. The van der Waals surface area contributed by atoms with Gasteiger partial charge in [0.15, 0.2) is 11.6 Å². The molecule has 0 bridgehead atoms. The Morgan fingerprint density at radius 3 is 2.59 bits per heavy atom. The Hall–Kier alpha value is -2.09. The van der Waals surface area contributed by atoms with E-state index in [1.54, 1.807) is 0 Å². The molecule has 1 atom stereocenters. The highest BCUT2D eigenvalue weighted by Gasteiger charge is 2.29. The lowest BCUT2D eigenvalue weighted by Crippen LogP contribution is -2.34. The minimum Gasteiger partial charge on any atom is -0.393 e. The predicted octanol–water partition coefficient (Wildman–Crippen LogP) is 2.46. The summed E-state index contributed by atoms with van der Waals surface area (Å²) in [6.45, 7) is 7.69. The number of benzene rings is 1. The SMILES string of the molecule is CC(C)(C)c1nc(N(N)Cc2ccccc2Cl)c(N)c(N2CCC(O)C2)n1. The van der Waals surface area contributed by atoms with Crippen molar-refractivity contribution < 1.29 is 5.11 Å². The number of anilines is 3. The lowest BCUT2D eigenvalue weighted by Gasteiger charge is -2.28. The zero-order valence-electron chi connectivity index (χ0n) is 16.0. The van der Waals surface area contributed by atoms with Crippen molar-refractivity contribution >= 4 is 28.9 Å². The van der Waals surface area contributed by atoms with Gasteiger partial charge in [-0.3, -0.25) is 5.01 Å². The Bertz CT molecular complexity index is 822. The molecule has 1 unspecified atom stereocenters. The van der Waals surface area contributed by atoms with Crippen LogP contribution in [0.25, 0.3) is 0 Å². The first-order valence-electron chi connectivity index (χ1n) is 9.03. The molecule has 1 saturated heterocycles. The van der Waals surface area contributed by atoms with Gasteiger partial charge in [-0.1, -0.05) is 50.6 Å². The van der Waals surface area contributed by atoms with Crippen LogP contribution in [-0.2, 0) is 12.0 Å². The lowest BCUT2D eigenvalue weighted by molar-refractivity contribution is 0.198. The van der Waals surface area contributed by atoms with Crippen LogP contribution >= 0.6 is 11.6 Å². The van der Waals surface area contributed by atoms with E-state index >= 15 is 0 Å². The first kappa shape index (κ1) is 19.7. The first-order valence-corrected chi connectivity index (χ1v) is 9.41. The van der Waals surface area contributed by atoms with Crippen LogP contribution in [0.4, 0.5) is 17.3 Å². The largest absolute Gasteiger partial charge is 0.393 e. The molecule has 0 aliphatic carbocycles. The number of nitrogens with two attached hydrogens (primary N) is 2. The van der Waals surface area contributed by atoms with Gasteiger partial charge in [-0.05, 0) is 18.1 Å². The standard InChI is InChI=1S/C19H27ClN6O/c1-19(2,3)18-23-16(25-9-8-13(27)11-25)15(21)17(24-18)26(22)10-12-6-4-5-7-14(12)20/h4-7,13,27H,8-11,21-22H2,1-3H3. The van der Waals surface area contributed by atoms with E-state index in [1.165, 1.54) is 5.01 Å². The molecule has 8 heteroatoms. The third kappa shape index (κ3) is 4.26. The fourth-order valence-corrected chi connectivity index (χ4v) is 3.26. The molecule has 0 amide bonds. The van der Waals surface area contributed by atoms with E-state index in [4.69, 9.17) is 28.2 Å². The number of nitrogen functional groups attached to an aromatic ring is 1. The summed E-state index contributed by atoms with van der Waals surface area (Å²) in [6, 6.07) is 7.53.